The van der Waals surface area contributed by atoms with Crippen molar-refractivity contribution in [3.8, 4) is 23.1 Å². The van der Waals surface area contributed by atoms with Crippen LogP contribution in [0.4, 0.5) is 0 Å². The summed E-state index contributed by atoms with van der Waals surface area (Å²) in [7, 11) is 0. The van der Waals surface area contributed by atoms with Crippen molar-refractivity contribution < 1.29 is 4.74 Å². The molecule has 0 atom stereocenters. The molecule has 0 bridgehead atoms. The molecular weight excluding hydrogens is 356 g/mol. The monoisotopic (exact) mass is 378 g/mol. The van der Waals surface area contributed by atoms with E-state index in [0.29, 0.717) is 17.5 Å². The molecule has 0 fully saturated rings. The second kappa shape index (κ2) is 8.41. The number of hydrogen-bond acceptors (Lipinski definition) is 3. The maximum atomic E-state index is 9.09. The Labute approximate surface area is 165 Å². The van der Waals surface area contributed by atoms with Gasteiger partial charge < -0.3 is 4.74 Å². The fourth-order valence-electron chi connectivity index (χ4n) is 2.99. The van der Waals surface area contributed by atoms with E-state index in [4.69, 9.17) is 21.6 Å². The quantitative estimate of drug-likeness (QED) is 0.432. The summed E-state index contributed by atoms with van der Waals surface area (Å²) in [6, 6.07) is 20.2. The number of ether oxygens (including phenoxy) is 1. The number of unbranched alkanes of at least 4 members (excludes halogenated alkanes) is 1. The molecule has 3 nitrogen and oxygen atoms in total. The lowest BCUT2D eigenvalue weighted by atomic mass is 9.89. The van der Waals surface area contributed by atoms with Crippen LogP contribution in [0.25, 0.3) is 22.0 Å². The van der Waals surface area contributed by atoms with Crippen molar-refractivity contribution in [1.82, 2.24) is 4.98 Å². The van der Waals surface area contributed by atoms with Crippen LogP contribution in [0.15, 0.2) is 54.6 Å². The molecule has 0 aliphatic rings. The van der Waals surface area contributed by atoms with Gasteiger partial charge in [0.15, 0.2) is 0 Å². The summed E-state index contributed by atoms with van der Waals surface area (Å²) in [6.07, 6.45) is 2.72. The van der Waals surface area contributed by atoms with Crippen molar-refractivity contribution in [3.63, 3.8) is 0 Å². The standard InChI is InChI=1S/C23H23ClN2O/c1-23(2,16-25)13-5-6-14-27-22-15-20(17-9-11-18(24)12-10-17)19-7-3-4-8-21(19)26-22/h3-4,7-12,15H,5-6,13-14H2,1-2H3. The van der Waals surface area contributed by atoms with Crippen LogP contribution in [0.5, 0.6) is 5.88 Å². The molecule has 4 heteroatoms. The number of para-hydroxylation sites is 1. The maximum absolute atomic E-state index is 9.09. The second-order valence-corrected chi connectivity index (χ2v) is 7.77. The molecule has 1 heterocycles. The summed E-state index contributed by atoms with van der Waals surface area (Å²) in [4.78, 5) is 4.64. The first kappa shape index (κ1) is 19.2. The molecule has 0 radical (unpaired) electrons. The summed E-state index contributed by atoms with van der Waals surface area (Å²) >= 11 is 6.03. The molecular formula is C23H23ClN2O. The lowest BCUT2D eigenvalue weighted by Crippen LogP contribution is -2.08. The molecule has 3 rings (SSSR count). The molecule has 0 spiro atoms. The van der Waals surface area contributed by atoms with E-state index >= 15 is 0 Å². The highest BCUT2D eigenvalue weighted by molar-refractivity contribution is 6.30. The van der Waals surface area contributed by atoms with E-state index in [1.165, 1.54) is 0 Å². The van der Waals surface area contributed by atoms with Crippen LogP contribution < -0.4 is 4.74 Å². The first-order valence-corrected chi connectivity index (χ1v) is 9.56. The third kappa shape index (κ3) is 4.99. The van der Waals surface area contributed by atoms with Gasteiger partial charge in [0.05, 0.1) is 23.6 Å². The molecule has 0 aliphatic carbocycles. The molecule has 0 saturated heterocycles. The summed E-state index contributed by atoms with van der Waals surface area (Å²) < 4.78 is 5.93. The fraction of sp³-hybridized carbons (Fsp3) is 0.304. The lowest BCUT2D eigenvalue weighted by molar-refractivity contribution is 0.286. The van der Waals surface area contributed by atoms with Gasteiger partial charge in [-0.1, -0.05) is 41.9 Å². The molecule has 0 unspecified atom stereocenters. The van der Waals surface area contributed by atoms with Gasteiger partial charge in [-0.3, -0.25) is 0 Å². The van der Waals surface area contributed by atoms with Gasteiger partial charge in [-0.2, -0.15) is 5.26 Å². The molecule has 3 aromatic rings. The number of aromatic nitrogens is 1. The highest BCUT2D eigenvalue weighted by Gasteiger charge is 2.15. The minimum absolute atomic E-state index is 0.275. The Morgan fingerprint density at radius 3 is 2.56 bits per heavy atom. The van der Waals surface area contributed by atoms with Gasteiger partial charge in [-0.15, -0.1) is 0 Å². The Kier molecular flexibility index (Phi) is 5.98. The van der Waals surface area contributed by atoms with Gasteiger partial charge in [-0.25, -0.2) is 4.98 Å². The smallest absolute Gasteiger partial charge is 0.214 e. The van der Waals surface area contributed by atoms with Crippen molar-refractivity contribution in [1.29, 1.82) is 5.26 Å². The minimum Gasteiger partial charge on any atom is -0.478 e. The molecule has 138 valence electrons. The highest BCUT2D eigenvalue weighted by atomic mass is 35.5. The molecule has 1 aromatic heterocycles. The maximum Gasteiger partial charge on any atom is 0.214 e. The summed E-state index contributed by atoms with van der Waals surface area (Å²) in [5, 5.41) is 10.9. The summed E-state index contributed by atoms with van der Waals surface area (Å²) in [6.45, 7) is 4.53. The minimum atomic E-state index is -0.275. The fourth-order valence-corrected chi connectivity index (χ4v) is 3.12. The van der Waals surface area contributed by atoms with Crippen LogP contribution in [-0.2, 0) is 0 Å². The van der Waals surface area contributed by atoms with Crippen LogP contribution in [0.3, 0.4) is 0 Å². The Hall–Kier alpha value is -2.57. The average molecular weight is 379 g/mol. The van der Waals surface area contributed by atoms with E-state index in [1.807, 2.05) is 62.4 Å². The van der Waals surface area contributed by atoms with Gasteiger partial charge in [0.25, 0.3) is 0 Å². The molecule has 0 saturated carbocycles. The predicted octanol–water partition coefficient (Wildman–Crippen LogP) is 6.65. The van der Waals surface area contributed by atoms with Crippen molar-refractivity contribution >= 4 is 22.5 Å². The topological polar surface area (TPSA) is 45.9 Å². The van der Waals surface area contributed by atoms with Gasteiger partial charge in [0.2, 0.25) is 5.88 Å². The number of pyridine rings is 1. The van der Waals surface area contributed by atoms with Crippen molar-refractivity contribution in [2.24, 2.45) is 5.41 Å². The van der Waals surface area contributed by atoms with Crippen LogP contribution in [0.2, 0.25) is 5.02 Å². The molecule has 0 amide bonds. The number of nitriles is 1. The number of halogens is 1. The first-order valence-electron chi connectivity index (χ1n) is 9.18. The summed E-state index contributed by atoms with van der Waals surface area (Å²) in [5.41, 5.74) is 2.80. The van der Waals surface area contributed by atoms with E-state index in [9.17, 15) is 0 Å². The zero-order chi connectivity index (χ0) is 19.3. The van der Waals surface area contributed by atoms with E-state index in [1.54, 1.807) is 0 Å². The molecule has 2 aromatic carbocycles. The first-order chi connectivity index (χ1) is 13.0. The normalized spacial score (nSPS) is 11.3. The molecule has 0 aliphatic heterocycles. The van der Waals surface area contributed by atoms with Gasteiger partial charge in [0.1, 0.15) is 0 Å². The van der Waals surface area contributed by atoms with E-state index in [-0.39, 0.29) is 5.41 Å². The van der Waals surface area contributed by atoms with Crippen LogP contribution in [-0.4, -0.2) is 11.6 Å². The largest absolute Gasteiger partial charge is 0.478 e. The predicted molar refractivity (Wildman–Crippen MR) is 111 cm³/mol. The number of nitrogens with zero attached hydrogens (tertiary/aromatic N) is 2. The number of benzene rings is 2. The molecule has 0 N–H and O–H groups in total. The van der Waals surface area contributed by atoms with Crippen LogP contribution in [0.1, 0.15) is 33.1 Å². The third-order valence-corrected chi connectivity index (χ3v) is 4.85. The third-order valence-electron chi connectivity index (χ3n) is 4.60. The van der Waals surface area contributed by atoms with Crippen molar-refractivity contribution in [3.05, 3.63) is 59.6 Å². The van der Waals surface area contributed by atoms with Gasteiger partial charge in [-0.05, 0) is 62.4 Å². The zero-order valence-corrected chi connectivity index (χ0v) is 16.5. The number of fused-ring (bicyclic) bond motifs is 1. The lowest BCUT2D eigenvalue weighted by Gasteiger charge is -2.15. The van der Waals surface area contributed by atoms with E-state index in [0.717, 1.165) is 41.3 Å². The average Bonchev–Trinajstić information content (AvgIpc) is 2.68. The van der Waals surface area contributed by atoms with Gasteiger partial charge >= 0.3 is 0 Å². The van der Waals surface area contributed by atoms with Gasteiger partial charge in [0, 0.05) is 16.5 Å². The Bertz CT molecular complexity index is 958. The second-order valence-electron chi connectivity index (χ2n) is 7.33. The number of hydrogen-bond donors (Lipinski definition) is 0. The van der Waals surface area contributed by atoms with Crippen molar-refractivity contribution in [2.75, 3.05) is 6.61 Å². The van der Waals surface area contributed by atoms with E-state index < -0.39 is 0 Å². The zero-order valence-electron chi connectivity index (χ0n) is 15.7. The Morgan fingerprint density at radius 1 is 1.07 bits per heavy atom. The number of rotatable bonds is 7. The Morgan fingerprint density at radius 2 is 1.81 bits per heavy atom. The van der Waals surface area contributed by atoms with Crippen LogP contribution >= 0.6 is 11.6 Å². The highest BCUT2D eigenvalue weighted by Crippen LogP contribution is 2.31. The Balaban J connectivity index is 1.77. The van der Waals surface area contributed by atoms with Crippen LogP contribution in [0, 0.1) is 16.7 Å². The van der Waals surface area contributed by atoms with E-state index in [2.05, 4.69) is 17.1 Å². The van der Waals surface area contributed by atoms with Crippen molar-refractivity contribution in [2.45, 2.75) is 33.1 Å². The SMILES string of the molecule is CC(C)(C#N)CCCCOc1cc(-c2ccc(Cl)cc2)c2ccccc2n1. The molecule has 27 heavy (non-hydrogen) atoms. The summed E-state index contributed by atoms with van der Waals surface area (Å²) in [5.74, 6) is 0.623.